The minimum Gasteiger partial charge on any atom is -0.483 e. The molecule has 0 atom stereocenters. The molecule has 0 aliphatic carbocycles. The van der Waals surface area contributed by atoms with Gasteiger partial charge in [-0.1, -0.05) is 18.2 Å². The van der Waals surface area contributed by atoms with Gasteiger partial charge in [0, 0.05) is 5.56 Å². The maximum atomic E-state index is 13.0. The van der Waals surface area contributed by atoms with Crippen molar-refractivity contribution < 1.29 is 13.5 Å². The van der Waals surface area contributed by atoms with Gasteiger partial charge in [0.1, 0.15) is 11.6 Å². The highest BCUT2D eigenvalue weighted by Gasteiger charge is 2.10. The van der Waals surface area contributed by atoms with Gasteiger partial charge in [-0.25, -0.2) is 4.39 Å². The largest absolute Gasteiger partial charge is 0.483 e. The fourth-order valence-electron chi connectivity index (χ4n) is 1.74. The predicted molar refractivity (Wildman–Crippen MR) is 78.2 cm³/mol. The SMILES string of the molecule is Fc1ccc(OCc2nnc(-c3ccccc3)o2)c(Br)c1. The summed E-state index contributed by atoms with van der Waals surface area (Å²) in [6.07, 6.45) is 0. The third kappa shape index (κ3) is 3.28. The lowest BCUT2D eigenvalue weighted by molar-refractivity contribution is 0.262. The minimum atomic E-state index is -0.335. The minimum absolute atomic E-state index is 0.115. The van der Waals surface area contributed by atoms with Gasteiger partial charge in [0.25, 0.3) is 5.89 Å². The van der Waals surface area contributed by atoms with Gasteiger partial charge in [-0.05, 0) is 46.3 Å². The van der Waals surface area contributed by atoms with Crippen LogP contribution in [0, 0.1) is 5.82 Å². The van der Waals surface area contributed by atoms with Crippen molar-refractivity contribution in [2.75, 3.05) is 0 Å². The Morgan fingerprint density at radius 3 is 2.67 bits per heavy atom. The summed E-state index contributed by atoms with van der Waals surface area (Å²) < 4.78 is 24.5. The number of rotatable bonds is 4. The zero-order valence-electron chi connectivity index (χ0n) is 10.8. The van der Waals surface area contributed by atoms with Crippen LogP contribution in [-0.2, 0) is 6.61 Å². The quantitative estimate of drug-likeness (QED) is 0.708. The number of ether oxygens (including phenoxy) is 1. The van der Waals surface area contributed by atoms with Crippen molar-refractivity contribution in [3.63, 3.8) is 0 Å². The molecule has 1 aromatic heterocycles. The molecular weight excluding hydrogens is 339 g/mol. The van der Waals surface area contributed by atoms with Gasteiger partial charge in [0.2, 0.25) is 5.89 Å². The summed E-state index contributed by atoms with van der Waals surface area (Å²) in [6, 6.07) is 13.7. The van der Waals surface area contributed by atoms with Crippen LogP contribution in [0.5, 0.6) is 5.75 Å². The Balaban J connectivity index is 1.70. The molecule has 4 nitrogen and oxygen atoms in total. The Morgan fingerprint density at radius 1 is 1.10 bits per heavy atom. The zero-order chi connectivity index (χ0) is 14.7. The van der Waals surface area contributed by atoms with Gasteiger partial charge in [0.15, 0.2) is 6.61 Å². The summed E-state index contributed by atoms with van der Waals surface area (Å²) in [5, 5.41) is 7.89. The van der Waals surface area contributed by atoms with E-state index in [0.29, 0.717) is 22.0 Å². The number of nitrogens with zero attached hydrogens (tertiary/aromatic N) is 2. The molecule has 0 radical (unpaired) electrons. The second-order valence-electron chi connectivity index (χ2n) is 4.23. The highest BCUT2D eigenvalue weighted by Crippen LogP contribution is 2.26. The lowest BCUT2D eigenvalue weighted by Gasteiger charge is -2.05. The molecule has 3 rings (SSSR count). The first-order valence-corrected chi connectivity index (χ1v) is 6.97. The van der Waals surface area contributed by atoms with Crippen LogP contribution in [0.1, 0.15) is 5.89 Å². The van der Waals surface area contributed by atoms with Gasteiger partial charge in [-0.2, -0.15) is 0 Å². The second-order valence-corrected chi connectivity index (χ2v) is 5.08. The molecule has 106 valence electrons. The van der Waals surface area contributed by atoms with Crippen molar-refractivity contribution in [2.24, 2.45) is 0 Å². The van der Waals surface area contributed by atoms with Crippen molar-refractivity contribution in [1.29, 1.82) is 0 Å². The van der Waals surface area contributed by atoms with Crippen LogP contribution in [0.3, 0.4) is 0 Å². The summed E-state index contributed by atoms with van der Waals surface area (Å²) >= 11 is 3.23. The molecule has 0 bridgehead atoms. The number of aromatic nitrogens is 2. The lowest BCUT2D eigenvalue weighted by atomic mass is 10.2. The predicted octanol–water partition coefficient (Wildman–Crippen LogP) is 4.22. The number of hydrogen-bond acceptors (Lipinski definition) is 4. The Kier molecular flexibility index (Phi) is 3.96. The molecule has 0 amide bonds. The number of hydrogen-bond donors (Lipinski definition) is 0. The van der Waals surface area contributed by atoms with Crippen LogP contribution in [0.4, 0.5) is 4.39 Å². The Bertz CT molecular complexity index is 746. The van der Waals surface area contributed by atoms with Gasteiger partial charge < -0.3 is 9.15 Å². The van der Waals surface area contributed by atoms with Crippen molar-refractivity contribution in [1.82, 2.24) is 10.2 Å². The number of benzene rings is 2. The van der Waals surface area contributed by atoms with Crippen molar-refractivity contribution >= 4 is 15.9 Å². The fourth-order valence-corrected chi connectivity index (χ4v) is 2.21. The van der Waals surface area contributed by atoms with E-state index in [4.69, 9.17) is 9.15 Å². The van der Waals surface area contributed by atoms with Gasteiger partial charge in [0.05, 0.1) is 4.47 Å². The molecule has 0 fully saturated rings. The smallest absolute Gasteiger partial charge is 0.254 e. The first-order valence-electron chi connectivity index (χ1n) is 6.18. The molecule has 6 heteroatoms. The van der Waals surface area contributed by atoms with Crippen LogP contribution < -0.4 is 4.74 Å². The summed E-state index contributed by atoms with van der Waals surface area (Å²) in [4.78, 5) is 0. The van der Waals surface area contributed by atoms with Crippen LogP contribution in [-0.4, -0.2) is 10.2 Å². The van der Waals surface area contributed by atoms with E-state index in [2.05, 4.69) is 26.1 Å². The van der Waals surface area contributed by atoms with Crippen LogP contribution in [0.15, 0.2) is 57.4 Å². The Labute approximate surface area is 128 Å². The standard InChI is InChI=1S/C15H10BrFN2O2/c16-12-8-11(17)6-7-13(12)20-9-14-18-19-15(21-14)10-4-2-1-3-5-10/h1-8H,9H2. The van der Waals surface area contributed by atoms with E-state index < -0.39 is 0 Å². The monoisotopic (exact) mass is 348 g/mol. The average molecular weight is 349 g/mol. The third-order valence-electron chi connectivity index (χ3n) is 2.73. The first kappa shape index (κ1) is 13.8. The van der Waals surface area contributed by atoms with E-state index in [9.17, 15) is 4.39 Å². The molecular formula is C15H10BrFN2O2. The molecule has 0 N–H and O–H groups in total. The van der Waals surface area contributed by atoms with Crippen molar-refractivity contribution in [3.05, 3.63) is 64.7 Å². The third-order valence-corrected chi connectivity index (χ3v) is 3.35. The molecule has 3 aromatic rings. The van der Waals surface area contributed by atoms with Crippen LogP contribution in [0.25, 0.3) is 11.5 Å². The van der Waals surface area contributed by atoms with Crippen molar-refractivity contribution in [3.8, 4) is 17.2 Å². The topological polar surface area (TPSA) is 48.2 Å². The molecule has 0 spiro atoms. The molecule has 1 heterocycles. The Morgan fingerprint density at radius 2 is 1.90 bits per heavy atom. The van der Waals surface area contributed by atoms with Gasteiger partial charge >= 0.3 is 0 Å². The van der Waals surface area contributed by atoms with Gasteiger partial charge in [-0.15, -0.1) is 10.2 Å². The lowest BCUT2D eigenvalue weighted by Crippen LogP contribution is -1.96. The molecule has 21 heavy (non-hydrogen) atoms. The highest BCUT2D eigenvalue weighted by molar-refractivity contribution is 9.10. The second kappa shape index (κ2) is 6.05. The average Bonchev–Trinajstić information content (AvgIpc) is 2.96. The van der Waals surface area contributed by atoms with E-state index in [1.807, 2.05) is 30.3 Å². The zero-order valence-corrected chi connectivity index (χ0v) is 12.4. The van der Waals surface area contributed by atoms with E-state index >= 15 is 0 Å². The molecule has 0 saturated heterocycles. The van der Waals surface area contributed by atoms with Crippen LogP contribution >= 0.6 is 15.9 Å². The molecule has 0 unspecified atom stereocenters. The van der Waals surface area contributed by atoms with E-state index in [1.54, 1.807) is 0 Å². The summed E-state index contributed by atoms with van der Waals surface area (Å²) in [6.45, 7) is 0.115. The normalized spacial score (nSPS) is 10.6. The fraction of sp³-hybridized carbons (Fsp3) is 0.0667. The maximum absolute atomic E-state index is 13.0. The summed E-state index contributed by atoms with van der Waals surface area (Å²) in [5.74, 6) is 0.965. The molecule has 0 saturated carbocycles. The van der Waals surface area contributed by atoms with Crippen LogP contribution in [0.2, 0.25) is 0 Å². The Hall–Kier alpha value is -2.21. The summed E-state index contributed by atoms with van der Waals surface area (Å²) in [5.41, 5.74) is 0.846. The summed E-state index contributed by atoms with van der Waals surface area (Å²) in [7, 11) is 0. The van der Waals surface area contributed by atoms with E-state index in [1.165, 1.54) is 18.2 Å². The molecule has 2 aromatic carbocycles. The van der Waals surface area contributed by atoms with E-state index in [-0.39, 0.29) is 12.4 Å². The highest BCUT2D eigenvalue weighted by atomic mass is 79.9. The maximum Gasteiger partial charge on any atom is 0.254 e. The van der Waals surface area contributed by atoms with Crippen molar-refractivity contribution in [2.45, 2.75) is 6.61 Å². The van der Waals surface area contributed by atoms with E-state index in [0.717, 1.165) is 5.56 Å². The first-order chi connectivity index (χ1) is 10.2. The molecule has 0 aliphatic rings. The molecule has 0 aliphatic heterocycles. The van der Waals surface area contributed by atoms with Gasteiger partial charge in [-0.3, -0.25) is 0 Å². The number of halogens is 2.